The summed E-state index contributed by atoms with van der Waals surface area (Å²) in [6.07, 6.45) is 0. The van der Waals surface area contributed by atoms with Crippen LogP contribution in [0.5, 0.6) is 17.2 Å². The van der Waals surface area contributed by atoms with Gasteiger partial charge in [-0.1, -0.05) is 49.0 Å². The molecule has 0 aromatic heterocycles. The van der Waals surface area contributed by atoms with Gasteiger partial charge in [-0.25, -0.2) is 4.79 Å². The van der Waals surface area contributed by atoms with Crippen molar-refractivity contribution in [3.8, 4) is 17.2 Å². The van der Waals surface area contributed by atoms with E-state index in [0.29, 0.717) is 25.4 Å². The Morgan fingerprint density at radius 1 is 0.793 bits per heavy atom. The maximum atomic E-state index is 11.3. The van der Waals surface area contributed by atoms with E-state index >= 15 is 0 Å². The van der Waals surface area contributed by atoms with E-state index in [2.05, 4.69) is 6.58 Å². The van der Waals surface area contributed by atoms with E-state index in [-0.39, 0.29) is 6.61 Å². The third-order valence-electron chi connectivity index (χ3n) is 4.11. The predicted molar refractivity (Wildman–Crippen MR) is 113 cm³/mol. The second-order valence-electron chi connectivity index (χ2n) is 6.40. The van der Waals surface area contributed by atoms with Crippen molar-refractivity contribution in [1.29, 1.82) is 0 Å². The molecule has 3 rings (SSSR count). The third-order valence-corrected chi connectivity index (χ3v) is 4.11. The summed E-state index contributed by atoms with van der Waals surface area (Å²) in [6, 6.07) is 21.4. The fourth-order valence-corrected chi connectivity index (χ4v) is 2.71. The number of rotatable bonds is 10. The number of para-hydroxylation sites is 1. The first kappa shape index (κ1) is 20.4. The maximum absolute atomic E-state index is 11.3. The van der Waals surface area contributed by atoms with Gasteiger partial charge in [0.25, 0.3) is 0 Å². The van der Waals surface area contributed by atoms with E-state index in [9.17, 15) is 4.79 Å². The van der Waals surface area contributed by atoms with Crippen LogP contribution in [0.25, 0.3) is 10.8 Å². The molecule has 0 bridgehead atoms. The van der Waals surface area contributed by atoms with Crippen LogP contribution >= 0.6 is 0 Å². The standard InChI is InChI=1S/C24H24O5/c1-18(2)24(25)28-17-15-26-14-16-27-22-12-6-11-21-20(22)10-7-13-23(21)29-19-8-4-3-5-9-19/h3-13H,1,14-17H2,2H3. The molecule has 0 spiro atoms. The topological polar surface area (TPSA) is 54.0 Å². The molecule has 0 saturated carbocycles. The first-order chi connectivity index (χ1) is 14.1. The zero-order valence-corrected chi connectivity index (χ0v) is 16.4. The van der Waals surface area contributed by atoms with Crippen molar-refractivity contribution in [2.75, 3.05) is 26.4 Å². The van der Waals surface area contributed by atoms with Gasteiger partial charge >= 0.3 is 5.97 Å². The summed E-state index contributed by atoms with van der Waals surface area (Å²) in [7, 11) is 0. The molecule has 0 fully saturated rings. The van der Waals surface area contributed by atoms with E-state index in [0.717, 1.165) is 28.0 Å². The molecule has 150 valence electrons. The first-order valence-corrected chi connectivity index (χ1v) is 9.43. The second-order valence-corrected chi connectivity index (χ2v) is 6.40. The Morgan fingerprint density at radius 2 is 1.45 bits per heavy atom. The van der Waals surface area contributed by atoms with Crippen LogP contribution in [-0.4, -0.2) is 32.4 Å². The van der Waals surface area contributed by atoms with Gasteiger partial charge < -0.3 is 18.9 Å². The molecule has 0 aliphatic rings. The third kappa shape index (κ3) is 5.83. The molecule has 3 aromatic carbocycles. The zero-order valence-electron chi connectivity index (χ0n) is 16.4. The molecule has 0 N–H and O–H groups in total. The highest BCUT2D eigenvalue weighted by Gasteiger charge is 2.08. The van der Waals surface area contributed by atoms with Crippen molar-refractivity contribution >= 4 is 16.7 Å². The van der Waals surface area contributed by atoms with Gasteiger partial charge in [-0.15, -0.1) is 0 Å². The Balaban J connectivity index is 1.54. The molecular weight excluding hydrogens is 368 g/mol. The van der Waals surface area contributed by atoms with Crippen molar-refractivity contribution in [1.82, 2.24) is 0 Å². The Hall–Kier alpha value is -3.31. The number of hydrogen-bond acceptors (Lipinski definition) is 5. The molecule has 5 nitrogen and oxygen atoms in total. The van der Waals surface area contributed by atoms with Gasteiger partial charge in [-0.05, 0) is 31.2 Å². The Bertz CT molecular complexity index is 965. The molecule has 3 aromatic rings. The van der Waals surface area contributed by atoms with Crippen LogP contribution in [-0.2, 0) is 14.3 Å². The largest absolute Gasteiger partial charge is 0.491 e. The number of benzene rings is 3. The van der Waals surface area contributed by atoms with Crippen LogP contribution in [0.15, 0.2) is 78.9 Å². The Morgan fingerprint density at radius 3 is 2.17 bits per heavy atom. The van der Waals surface area contributed by atoms with E-state index < -0.39 is 5.97 Å². The first-order valence-electron chi connectivity index (χ1n) is 9.43. The van der Waals surface area contributed by atoms with Crippen molar-refractivity contribution in [3.05, 3.63) is 78.9 Å². The highest BCUT2D eigenvalue weighted by Crippen LogP contribution is 2.34. The molecule has 0 aliphatic carbocycles. The SMILES string of the molecule is C=C(C)C(=O)OCCOCCOc1cccc2c(Oc3ccccc3)cccc12. The van der Waals surface area contributed by atoms with Crippen LogP contribution in [0, 0.1) is 0 Å². The lowest BCUT2D eigenvalue weighted by atomic mass is 10.1. The highest BCUT2D eigenvalue weighted by atomic mass is 16.6. The Kier molecular flexibility index (Phi) is 7.25. The van der Waals surface area contributed by atoms with Crippen LogP contribution in [0.4, 0.5) is 0 Å². The number of hydrogen-bond donors (Lipinski definition) is 0. The van der Waals surface area contributed by atoms with E-state index in [1.807, 2.05) is 66.7 Å². The summed E-state index contributed by atoms with van der Waals surface area (Å²) in [4.78, 5) is 11.3. The van der Waals surface area contributed by atoms with Gasteiger partial charge in [-0.3, -0.25) is 0 Å². The smallest absolute Gasteiger partial charge is 0.333 e. The number of carbonyl (C=O) groups is 1. The molecule has 0 heterocycles. The molecule has 0 saturated heterocycles. The van der Waals surface area contributed by atoms with Crippen LogP contribution in [0.1, 0.15) is 6.92 Å². The van der Waals surface area contributed by atoms with Crippen molar-refractivity contribution < 1.29 is 23.7 Å². The zero-order chi connectivity index (χ0) is 20.5. The number of fused-ring (bicyclic) bond motifs is 1. The minimum Gasteiger partial charge on any atom is -0.491 e. The molecule has 0 atom stereocenters. The number of carbonyl (C=O) groups excluding carboxylic acids is 1. The van der Waals surface area contributed by atoms with Gasteiger partial charge in [0.1, 0.15) is 30.5 Å². The fraction of sp³-hybridized carbons (Fsp3) is 0.208. The van der Waals surface area contributed by atoms with Gasteiger partial charge in [0.15, 0.2) is 0 Å². The normalized spacial score (nSPS) is 10.5. The summed E-state index contributed by atoms with van der Waals surface area (Å²) in [5.41, 5.74) is 0.375. The average Bonchev–Trinajstić information content (AvgIpc) is 2.74. The van der Waals surface area contributed by atoms with Crippen LogP contribution < -0.4 is 9.47 Å². The lowest BCUT2D eigenvalue weighted by Gasteiger charge is -2.13. The summed E-state index contributed by atoms with van der Waals surface area (Å²) >= 11 is 0. The van der Waals surface area contributed by atoms with E-state index in [4.69, 9.17) is 18.9 Å². The average molecular weight is 392 g/mol. The van der Waals surface area contributed by atoms with Crippen molar-refractivity contribution in [3.63, 3.8) is 0 Å². The predicted octanol–water partition coefficient (Wildman–Crippen LogP) is 5.15. The molecule has 0 unspecified atom stereocenters. The maximum Gasteiger partial charge on any atom is 0.333 e. The van der Waals surface area contributed by atoms with Crippen LogP contribution in [0.2, 0.25) is 0 Å². The van der Waals surface area contributed by atoms with Crippen molar-refractivity contribution in [2.24, 2.45) is 0 Å². The van der Waals surface area contributed by atoms with Crippen LogP contribution in [0.3, 0.4) is 0 Å². The van der Waals surface area contributed by atoms with Gasteiger partial charge in [0, 0.05) is 16.3 Å². The summed E-state index contributed by atoms with van der Waals surface area (Å²) in [5, 5.41) is 1.94. The molecular formula is C24H24O5. The fourth-order valence-electron chi connectivity index (χ4n) is 2.71. The number of ether oxygens (including phenoxy) is 4. The molecule has 0 amide bonds. The molecule has 0 radical (unpaired) electrons. The van der Waals surface area contributed by atoms with Gasteiger partial charge in [-0.2, -0.15) is 0 Å². The lowest BCUT2D eigenvalue weighted by Crippen LogP contribution is -2.13. The summed E-state index contributed by atoms with van der Waals surface area (Å²) < 4.78 is 22.3. The Labute approximate surface area is 170 Å². The minimum atomic E-state index is -0.408. The highest BCUT2D eigenvalue weighted by molar-refractivity contribution is 5.93. The minimum absolute atomic E-state index is 0.195. The van der Waals surface area contributed by atoms with Gasteiger partial charge in [0.05, 0.1) is 13.2 Å². The summed E-state index contributed by atoms with van der Waals surface area (Å²) in [6.45, 7) is 6.42. The molecule has 5 heteroatoms. The lowest BCUT2D eigenvalue weighted by molar-refractivity contribution is -0.140. The van der Waals surface area contributed by atoms with Gasteiger partial charge in [0.2, 0.25) is 0 Å². The monoisotopic (exact) mass is 392 g/mol. The second kappa shape index (κ2) is 10.3. The number of esters is 1. The summed E-state index contributed by atoms with van der Waals surface area (Å²) in [5.74, 6) is 1.91. The quantitative estimate of drug-likeness (QED) is 0.271. The van der Waals surface area contributed by atoms with E-state index in [1.165, 1.54) is 0 Å². The van der Waals surface area contributed by atoms with E-state index in [1.54, 1.807) is 6.92 Å². The molecule has 0 aliphatic heterocycles. The molecule has 29 heavy (non-hydrogen) atoms. The van der Waals surface area contributed by atoms with Crippen molar-refractivity contribution in [2.45, 2.75) is 6.92 Å².